The lowest BCUT2D eigenvalue weighted by Crippen LogP contribution is -2.09. The van der Waals surface area contributed by atoms with Crippen LogP contribution in [-0.2, 0) is 15.6 Å². The van der Waals surface area contributed by atoms with Gasteiger partial charge in [0.25, 0.3) is 0 Å². The van der Waals surface area contributed by atoms with Gasteiger partial charge in [0, 0.05) is 11.1 Å². The minimum Gasteiger partial charge on any atom is -0.282 e. The second-order valence-corrected chi connectivity index (χ2v) is 6.87. The van der Waals surface area contributed by atoms with E-state index in [9.17, 15) is 12.8 Å². The number of fused-ring (bicyclic) bond motifs is 1. The minimum atomic E-state index is -3.17. The molecule has 4 nitrogen and oxygen atoms in total. The lowest BCUT2D eigenvalue weighted by molar-refractivity contribution is 0.468. The molecule has 0 fully saturated rings. The van der Waals surface area contributed by atoms with Gasteiger partial charge in [0.1, 0.15) is 0 Å². The molecule has 1 aromatic carbocycles. The van der Waals surface area contributed by atoms with Gasteiger partial charge in [-0.25, -0.2) is 8.42 Å². The van der Waals surface area contributed by atoms with Crippen LogP contribution in [0.2, 0.25) is 0 Å². The Kier molecular flexibility index (Phi) is 4.19. The van der Waals surface area contributed by atoms with Crippen molar-refractivity contribution in [3.05, 3.63) is 29.5 Å². The number of aryl methyl sites for hydroxylation is 1. The molecule has 2 aromatic rings. The van der Waals surface area contributed by atoms with E-state index in [0.29, 0.717) is 12.8 Å². The summed E-state index contributed by atoms with van der Waals surface area (Å²) in [6.07, 6.45) is 0.685. The molecule has 0 aliphatic carbocycles. The Labute approximate surface area is 111 Å². The van der Waals surface area contributed by atoms with Crippen LogP contribution in [0.15, 0.2) is 18.2 Å². The highest BCUT2D eigenvalue weighted by molar-refractivity contribution is 7.90. The molecule has 2 rings (SSSR count). The zero-order valence-corrected chi connectivity index (χ0v) is 11.6. The fraction of sp³-hybridized carbons (Fsp3) is 0.462. The molecule has 0 aliphatic heterocycles. The Bertz CT molecular complexity index is 664. The second kappa shape index (κ2) is 5.69. The number of hydrogen-bond donors (Lipinski definition) is 1. The predicted molar refractivity (Wildman–Crippen MR) is 73.5 cm³/mol. The zero-order chi connectivity index (χ0) is 13.9. The smallest absolute Gasteiger partial charge is 0.154 e. The molecule has 1 aromatic heterocycles. The molecule has 19 heavy (non-hydrogen) atoms. The third-order valence-corrected chi connectivity index (χ3v) is 4.72. The van der Waals surface area contributed by atoms with Crippen molar-refractivity contribution in [2.45, 2.75) is 25.5 Å². The first-order valence-corrected chi connectivity index (χ1v) is 8.04. The Hall–Kier alpha value is -1.43. The number of benzene rings is 1. The van der Waals surface area contributed by atoms with Gasteiger partial charge in [-0.1, -0.05) is 6.07 Å². The molecule has 0 unspecified atom stereocenters. The number of halogens is 1. The fourth-order valence-electron chi connectivity index (χ4n) is 2.02. The first kappa shape index (κ1) is 14.0. The Morgan fingerprint density at radius 1 is 1.32 bits per heavy atom. The molecule has 104 valence electrons. The summed E-state index contributed by atoms with van der Waals surface area (Å²) in [5, 5.41) is 7.91. The minimum absolute atomic E-state index is 0.000153. The Morgan fingerprint density at radius 2 is 2.11 bits per heavy atom. The van der Waals surface area contributed by atoms with E-state index in [1.165, 1.54) is 0 Å². The highest BCUT2D eigenvalue weighted by atomic mass is 32.2. The zero-order valence-electron chi connectivity index (χ0n) is 10.8. The van der Waals surface area contributed by atoms with Gasteiger partial charge >= 0.3 is 0 Å². The van der Waals surface area contributed by atoms with E-state index in [1.807, 2.05) is 19.1 Å². The molecule has 0 radical (unpaired) electrons. The summed E-state index contributed by atoms with van der Waals surface area (Å²) in [6.45, 7) is 1.44. The van der Waals surface area contributed by atoms with E-state index < -0.39 is 16.5 Å². The third kappa shape index (κ3) is 3.53. The van der Waals surface area contributed by atoms with Gasteiger partial charge in [0.2, 0.25) is 0 Å². The number of H-pyrrole nitrogens is 1. The number of nitrogens with zero attached hydrogens (tertiary/aromatic N) is 1. The SMILES string of the molecule is Cc1[nH]nc2ccc(CS(=O)(=O)CCCCF)cc12. The van der Waals surface area contributed by atoms with Crippen LogP contribution < -0.4 is 0 Å². The topological polar surface area (TPSA) is 62.8 Å². The summed E-state index contributed by atoms with van der Waals surface area (Å²) < 4.78 is 35.7. The molecule has 0 amide bonds. The van der Waals surface area contributed by atoms with Crippen molar-refractivity contribution in [1.82, 2.24) is 10.2 Å². The van der Waals surface area contributed by atoms with Crippen molar-refractivity contribution < 1.29 is 12.8 Å². The van der Waals surface area contributed by atoms with Crippen LogP contribution >= 0.6 is 0 Å². The Balaban J connectivity index is 2.14. The summed E-state index contributed by atoms with van der Waals surface area (Å²) in [5.41, 5.74) is 2.50. The van der Waals surface area contributed by atoms with Gasteiger partial charge in [-0.3, -0.25) is 9.49 Å². The van der Waals surface area contributed by atoms with Gasteiger partial charge in [-0.05, 0) is 37.5 Å². The maximum absolute atomic E-state index is 12.0. The molecule has 6 heteroatoms. The third-order valence-electron chi connectivity index (χ3n) is 3.03. The van der Waals surface area contributed by atoms with Crippen molar-refractivity contribution in [3.8, 4) is 0 Å². The molecule has 0 saturated heterocycles. The fourth-order valence-corrected chi connectivity index (χ4v) is 3.49. The normalized spacial score (nSPS) is 12.1. The highest BCUT2D eigenvalue weighted by Gasteiger charge is 2.13. The molecular formula is C13H17FN2O2S. The van der Waals surface area contributed by atoms with Crippen LogP contribution in [0, 0.1) is 6.92 Å². The number of hydrogen-bond acceptors (Lipinski definition) is 3. The first-order valence-electron chi connectivity index (χ1n) is 6.22. The molecule has 1 N–H and O–H groups in total. The monoisotopic (exact) mass is 284 g/mol. The highest BCUT2D eigenvalue weighted by Crippen LogP contribution is 2.18. The summed E-state index contributed by atoms with van der Waals surface area (Å²) in [5.74, 6) is 0.0408. The van der Waals surface area contributed by atoms with Crippen molar-refractivity contribution in [2.75, 3.05) is 12.4 Å². The lowest BCUT2D eigenvalue weighted by atomic mass is 10.1. The molecule has 0 bridgehead atoms. The van der Waals surface area contributed by atoms with Crippen molar-refractivity contribution in [1.29, 1.82) is 0 Å². The summed E-state index contributed by atoms with van der Waals surface area (Å²) in [6, 6.07) is 5.43. The average molecular weight is 284 g/mol. The van der Waals surface area contributed by atoms with Gasteiger partial charge in [0.05, 0.1) is 23.7 Å². The van der Waals surface area contributed by atoms with Crippen molar-refractivity contribution >= 4 is 20.7 Å². The number of aromatic nitrogens is 2. The van der Waals surface area contributed by atoms with Gasteiger partial charge in [-0.15, -0.1) is 0 Å². The maximum Gasteiger partial charge on any atom is 0.154 e. The van der Waals surface area contributed by atoms with Crippen LogP contribution in [-0.4, -0.2) is 31.0 Å². The number of sulfone groups is 1. The van der Waals surface area contributed by atoms with Crippen molar-refractivity contribution in [3.63, 3.8) is 0 Å². The summed E-state index contributed by atoms with van der Waals surface area (Å²) in [4.78, 5) is 0. The lowest BCUT2D eigenvalue weighted by Gasteiger charge is -2.04. The molecule has 0 spiro atoms. The number of rotatable bonds is 6. The van der Waals surface area contributed by atoms with Crippen LogP contribution in [0.5, 0.6) is 0 Å². The molecular weight excluding hydrogens is 267 g/mol. The van der Waals surface area contributed by atoms with Crippen molar-refractivity contribution in [2.24, 2.45) is 0 Å². The number of unbranched alkanes of at least 4 members (excludes halogenated alkanes) is 1. The second-order valence-electron chi connectivity index (χ2n) is 4.69. The van der Waals surface area contributed by atoms with Crippen LogP contribution in [0.3, 0.4) is 0 Å². The quantitative estimate of drug-likeness (QED) is 0.829. The van der Waals surface area contributed by atoms with Gasteiger partial charge in [0.15, 0.2) is 9.84 Å². The molecule has 1 heterocycles. The van der Waals surface area contributed by atoms with Gasteiger partial charge in [-0.2, -0.15) is 5.10 Å². The maximum atomic E-state index is 12.0. The molecule has 0 aliphatic rings. The number of nitrogens with one attached hydrogen (secondary N) is 1. The van der Waals surface area contributed by atoms with Crippen LogP contribution in [0.25, 0.3) is 10.9 Å². The Morgan fingerprint density at radius 3 is 2.84 bits per heavy atom. The first-order chi connectivity index (χ1) is 9.02. The number of aromatic amines is 1. The number of alkyl halides is 1. The van der Waals surface area contributed by atoms with E-state index >= 15 is 0 Å². The molecule has 0 atom stereocenters. The summed E-state index contributed by atoms with van der Waals surface area (Å²) in [7, 11) is -3.17. The van der Waals surface area contributed by atoms with Crippen LogP contribution in [0.1, 0.15) is 24.1 Å². The largest absolute Gasteiger partial charge is 0.282 e. The van der Waals surface area contributed by atoms with E-state index in [2.05, 4.69) is 10.2 Å². The van der Waals surface area contributed by atoms with E-state index in [4.69, 9.17) is 0 Å². The van der Waals surface area contributed by atoms with Crippen LogP contribution in [0.4, 0.5) is 4.39 Å². The molecule has 0 saturated carbocycles. The van der Waals surface area contributed by atoms with Gasteiger partial charge < -0.3 is 0 Å². The standard InChI is InChI=1S/C13H17FN2O2S/c1-10-12-8-11(4-5-13(12)16-15-10)9-19(17,18)7-3-2-6-14/h4-5,8H,2-3,6-7,9H2,1H3,(H,15,16). The van der Waals surface area contributed by atoms with E-state index in [1.54, 1.807) is 6.07 Å². The summed E-state index contributed by atoms with van der Waals surface area (Å²) >= 11 is 0. The average Bonchev–Trinajstić information content (AvgIpc) is 2.71. The predicted octanol–water partition coefficient (Wildman–Crippen LogP) is 2.54. The van der Waals surface area contributed by atoms with E-state index in [0.717, 1.165) is 22.2 Å². The van der Waals surface area contributed by atoms with E-state index in [-0.39, 0.29) is 11.5 Å².